The Labute approximate surface area is 175 Å². The first-order valence-corrected chi connectivity index (χ1v) is 10.9. The van der Waals surface area contributed by atoms with Crippen LogP contribution in [-0.2, 0) is 9.59 Å². The van der Waals surface area contributed by atoms with Gasteiger partial charge in [0.2, 0.25) is 11.8 Å². The van der Waals surface area contributed by atoms with Gasteiger partial charge in [-0.2, -0.15) is 0 Å². The molecule has 1 aromatic rings. The van der Waals surface area contributed by atoms with Crippen LogP contribution in [0, 0.1) is 11.3 Å². The van der Waals surface area contributed by atoms with Gasteiger partial charge in [-0.05, 0) is 47.8 Å². The Hall–Kier alpha value is -1.55. The molecule has 0 spiro atoms. The average molecular weight is 407 g/mol. The second kappa shape index (κ2) is 9.78. The van der Waals surface area contributed by atoms with Gasteiger partial charge < -0.3 is 10.2 Å². The predicted octanol–water partition coefficient (Wildman–Crippen LogP) is 5.01. The van der Waals surface area contributed by atoms with Crippen molar-refractivity contribution in [1.29, 1.82) is 0 Å². The molecule has 1 heterocycles. The Morgan fingerprint density at radius 3 is 2.43 bits per heavy atom. The second-order valence-corrected chi connectivity index (χ2v) is 9.47. The van der Waals surface area contributed by atoms with Crippen LogP contribution < -0.4 is 5.32 Å². The maximum atomic E-state index is 13.2. The Balaban J connectivity index is 2.07. The van der Waals surface area contributed by atoms with Crippen LogP contribution in [0.4, 0.5) is 0 Å². The van der Waals surface area contributed by atoms with Crippen LogP contribution >= 0.6 is 11.6 Å². The van der Waals surface area contributed by atoms with E-state index in [1.54, 1.807) is 0 Å². The third kappa shape index (κ3) is 5.73. The van der Waals surface area contributed by atoms with Gasteiger partial charge in [0.15, 0.2) is 0 Å². The summed E-state index contributed by atoms with van der Waals surface area (Å²) in [6.07, 6.45) is 3.22. The molecular weight excluding hydrogens is 372 g/mol. The Bertz CT molecular complexity index is 670. The predicted molar refractivity (Wildman–Crippen MR) is 115 cm³/mol. The van der Waals surface area contributed by atoms with Crippen LogP contribution in [-0.4, -0.2) is 35.8 Å². The van der Waals surface area contributed by atoms with Gasteiger partial charge in [0.05, 0.1) is 0 Å². The molecular formula is C23H35ClN2O2. The molecule has 0 radical (unpaired) electrons. The van der Waals surface area contributed by atoms with Gasteiger partial charge in [0, 0.05) is 24.5 Å². The number of amides is 2. The summed E-state index contributed by atoms with van der Waals surface area (Å²) in [6, 6.07) is 7.61. The van der Waals surface area contributed by atoms with E-state index in [2.05, 4.69) is 38.2 Å². The van der Waals surface area contributed by atoms with Crippen molar-refractivity contribution in [2.45, 2.75) is 72.3 Å². The number of nitrogens with zero attached hydrogens (tertiary/aromatic N) is 1. The summed E-state index contributed by atoms with van der Waals surface area (Å²) in [5.74, 6) is 0.465. The largest absolute Gasteiger partial charge is 0.344 e. The number of hydrogen-bond donors (Lipinski definition) is 1. The van der Waals surface area contributed by atoms with Gasteiger partial charge in [0.1, 0.15) is 6.04 Å². The van der Waals surface area contributed by atoms with Crippen molar-refractivity contribution in [1.82, 2.24) is 10.2 Å². The van der Waals surface area contributed by atoms with E-state index in [1.807, 2.05) is 30.9 Å². The molecule has 1 aliphatic rings. The molecule has 0 unspecified atom stereocenters. The number of carbonyl (C=O) groups is 2. The number of hydrogen-bond acceptors (Lipinski definition) is 2. The van der Waals surface area contributed by atoms with E-state index in [4.69, 9.17) is 11.6 Å². The van der Waals surface area contributed by atoms with Gasteiger partial charge in [0.25, 0.3) is 0 Å². The number of unbranched alkanes of at least 4 members (excludes halogenated alkanes) is 1. The molecule has 2 atom stereocenters. The van der Waals surface area contributed by atoms with E-state index in [0.29, 0.717) is 25.4 Å². The molecule has 2 rings (SSSR count). The Morgan fingerprint density at radius 1 is 1.25 bits per heavy atom. The SMILES string of the molecule is CCCCC(=O)N[C@@H](C(=O)N1CC[C@H](c2ccc(Cl)cc2)C(C)(C)C1)C(C)C. The topological polar surface area (TPSA) is 49.4 Å². The van der Waals surface area contributed by atoms with Crippen LogP contribution in [0.2, 0.25) is 5.02 Å². The normalized spacial score (nSPS) is 20.1. The minimum atomic E-state index is -0.452. The molecule has 1 aliphatic heterocycles. The first kappa shape index (κ1) is 22.7. The molecule has 0 aromatic heterocycles. The molecule has 1 aromatic carbocycles. The number of halogens is 1. The molecule has 4 nitrogen and oxygen atoms in total. The summed E-state index contributed by atoms with van der Waals surface area (Å²) in [7, 11) is 0. The van der Waals surface area contributed by atoms with E-state index in [0.717, 1.165) is 24.3 Å². The zero-order valence-corrected chi connectivity index (χ0v) is 18.7. The molecule has 5 heteroatoms. The standard InChI is InChI=1S/C23H35ClN2O2/c1-6-7-8-20(27)25-21(16(2)3)22(28)26-14-13-19(23(4,5)15-26)17-9-11-18(24)12-10-17/h9-12,16,19,21H,6-8,13-15H2,1-5H3,(H,25,27)/t19-,21-/m1/s1. The summed E-state index contributed by atoms with van der Waals surface area (Å²) in [5, 5.41) is 3.72. The van der Waals surface area contributed by atoms with Crippen molar-refractivity contribution >= 4 is 23.4 Å². The first-order valence-electron chi connectivity index (χ1n) is 10.5. The monoisotopic (exact) mass is 406 g/mol. The number of rotatable bonds is 7. The van der Waals surface area contributed by atoms with Crippen molar-refractivity contribution in [3.63, 3.8) is 0 Å². The van der Waals surface area contributed by atoms with Crippen LogP contribution in [0.15, 0.2) is 24.3 Å². The lowest BCUT2D eigenvalue weighted by molar-refractivity contribution is -0.140. The molecule has 156 valence electrons. The smallest absolute Gasteiger partial charge is 0.245 e. The summed E-state index contributed by atoms with van der Waals surface area (Å²) in [6.45, 7) is 11.9. The molecule has 0 saturated carbocycles. The fraction of sp³-hybridized carbons (Fsp3) is 0.652. The zero-order chi connectivity index (χ0) is 20.9. The molecule has 1 saturated heterocycles. The number of nitrogens with one attached hydrogen (secondary N) is 1. The minimum absolute atomic E-state index is 0.0239. The first-order chi connectivity index (χ1) is 13.2. The quantitative estimate of drug-likeness (QED) is 0.691. The minimum Gasteiger partial charge on any atom is -0.344 e. The van der Waals surface area contributed by atoms with E-state index >= 15 is 0 Å². The van der Waals surface area contributed by atoms with Crippen LogP contribution in [0.5, 0.6) is 0 Å². The van der Waals surface area contributed by atoms with Gasteiger partial charge in [-0.25, -0.2) is 0 Å². The lowest BCUT2D eigenvalue weighted by Gasteiger charge is -2.45. The van der Waals surface area contributed by atoms with Gasteiger partial charge in [-0.1, -0.05) is 64.8 Å². The van der Waals surface area contributed by atoms with Crippen molar-refractivity contribution in [3.05, 3.63) is 34.9 Å². The molecule has 1 N–H and O–H groups in total. The molecule has 1 fully saturated rings. The van der Waals surface area contributed by atoms with Crippen molar-refractivity contribution in [3.8, 4) is 0 Å². The number of benzene rings is 1. The molecule has 2 amide bonds. The van der Waals surface area contributed by atoms with Crippen molar-refractivity contribution in [2.75, 3.05) is 13.1 Å². The average Bonchev–Trinajstić information content (AvgIpc) is 2.63. The lowest BCUT2D eigenvalue weighted by atomic mass is 9.70. The van der Waals surface area contributed by atoms with Gasteiger partial charge in [-0.15, -0.1) is 0 Å². The van der Waals surface area contributed by atoms with E-state index in [9.17, 15) is 9.59 Å². The van der Waals surface area contributed by atoms with Crippen molar-refractivity contribution < 1.29 is 9.59 Å². The number of piperidine rings is 1. The summed E-state index contributed by atoms with van der Waals surface area (Å²) < 4.78 is 0. The van der Waals surface area contributed by atoms with Crippen LogP contribution in [0.3, 0.4) is 0 Å². The van der Waals surface area contributed by atoms with Crippen molar-refractivity contribution in [2.24, 2.45) is 11.3 Å². The van der Waals surface area contributed by atoms with Crippen LogP contribution in [0.25, 0.3) is 0 Å². The highest BCUT2D eigenvalue weighted by Crippen LogP contribution is 2.42. The van der Waals surface area contributed by atoms with Gasteiger partial charge in [-0.3, -0.25) is 9.59 Å². The van der Waals surface area contributed by atoms with E-state index in [1.165, 1.54) is 5.56 Å². The lowest BCUT2D eigenvalue weighted by Crippen LogP contribution is -2.55. The second-order valence-electron chi connectivity index (χ2n) is 9.03. The maximum absolute atomic E-state index is 13.2. The summed E-state index contributed by atoms with van der Waals surface area (Å²) in [5.41, 5.74) is 1.23. The third-order valence-electron chi connectivity index (χ3n) is 5.82. The highest BCUT2D eigenvalue weighted by Gasteiger charge is 2.40. The third-order valence-corrected chi connectivity index (χ3v) is 6.07. The Kier molecular flexibility index (Phi) is 7.94. The molecule has 28 heavy (non-hydrogen) atoms. The maximum Gasteiger partial charge on any atom is 0.245 e. The zero-order valence-electron chi connectivity index (χ0n) is 17.9. The molecule has 0 aliphatic carbocycles. The molecule has 0 bridgehead atoms. The highest BCUT2D eigenvalue weighted by atomic mass is 35.5. The van der Waals surface area contributed by atoms with E-state index in [-0.39, 0.29) is 23.1 Å². The number of carbonyl (C=O) groups excluding carboxylic acids is 2. The number of likely N-dealkylation sites (tertiary alicyclic amines) is 1. The fourth-order valence-corrected chi connectivity index (χ4v) is 4.28. The van der Waals surface area contributed by atoms with Crippen LogP contribution in [0.1, 0.15) is 71.8 Å². The fourth-order valence-electron chi connectivity index (χ4n) is 4.15. The van der Waals surface area contributed by atoms with E-state index < -0.39 is 6.04 Å². The highest BCUT2D eigenvalue weighted by molar-refractivity contribution is 6.30. The summed E-state index contributed by atoms with van der Waals surface area (Å²) >= 11 is 6.04. The van der Waals surface area contributed by atoms with Gasteiger partial charge >= 0.3 is 0 Å². The Morgan fingerprint density at radius 2 is 1.89 bits per heavy atom. The summed E-state index contributed by atoms with van der Waals surface area (Å²) in [4.78, 5) is 27.4.